The minimum Gasteiger partial charge on any atom is -0.256 e. The van der Waals surface area contributed by atoms with Crippen LogP contribution in [0.25, 0.3) is 68.1 Å². The van der Waals surface area contributed by atoms with Gasteiger partial charge in [0, 0.05) is 40.2 Å². The second kappa shape index (κ2) is 15.8. The van der Waals surface area contributed by atoms with E-state index in [9.17, 15) is 0 Å². The number of rotatable bonds is 8. The third-order valence-electron chi connectivity index (χ3n) is 11.5. The Morgan fingerprint density at radius 2 is 1.16 bits per heavy atom. The van der Waals surface area contributed by atoms with Crippen molar-refractivity contribution in [1.29, 1.82) is 0 Å². The first-order valence-electron chi connectivity index (χ1n) is 20.2. The van der Waals surface area contributed by atoms with Crippen LogP contribution in [0.4, 0.5) is 0 Å². The van der Waals surface area contributed by atoms with E-state index in [1.54, 1.807) is 0 Å². The van der Waals surface area contributed by atoms with Gasteiger partial charge in [0.2, 0.25) is 0 Å². The van der Waals surface area contributed by atoms with Crippen molar-refractivity contribution in [2.75, 3.05) is 0 Å². The summed E-state index contributed by atoms with van der Waals surface area (Å²) in [5.74, 6) is 2.56. The fourth-order valence-electron chi connectivity index (χ4n) is 8.41. The summed E-state index contributed by atoms with van der Waals surface area (Å²) in [7, 11) is 0. The summed E-state index contributed by atoms with van der Waals surface area (Å²) >= 11 is 0. The maximum atomic E-state index is 5.18. The van der Waals surface area contributed by atoms with Crippen LogP contribution in [0.2, 0.25) is 0 Å². The average Bonchev–Trinajstić information content (AvgIpc) is 3.32. The first kappa shape index (κ1) is 35.3. The van der Waals surface area contributed by atoms with Crippen LogP contribution < -0.4 is 0 Å². The first-order chi connectivity index (χ1) is 28.7. The highest BCUT2D eigenvalue weighted by molar-refractivity contribution is 5.87. The van der Waals surface area contributed by atoms with Gasteiger partial charge in [-0.05, 0) is 95.2 Å². The number of allylic oxidation sites excluding steroid dienone is 9. The molecule has 278 valence electrons. The van der Waals surface area contributed by atoms with Crippen molar-refractivity contribution in [3.63, 3.8) is 0 Å². The van der Waals surface area contributed by atoms with E-state index in [-0.39, 0.29) is 11.8 Å². The molecule has 3 aliphatic rings. The summed E-state index contributed by atoms with van der Waals surface area (Å²) in [5.41, 5.74) is 14.8. The van der Waals surface area contributed by atoms with Gasteiger partial charge in [-0.25, -0.2) is 15.0 Å². The molecule has 10 rings (SSSR count). The molecule has 3 aromatic heterocycles. The van der Waals surface area contributed by atoms with Crippen molar-refractivity contribution in [2.45, 2.75) is 25.7 Å². The SMILES string of the molecule is C1=CC(C2C=C(c3ccc(-c4nccc5c4C=CCC5)cc3)C=C(c3nc(-c4ccccc4)nc(-c4ccccc4)n3)C2)CC(c2ccc(-c3ccccn3)cc2)=C1. The van der Waals surface area contributed by atoms with Gasteiger partial charge in [0.15, 0.2) is 17.5 Å². The minimum atomic E-state index is 0.215. The lowest BCUT2D eigenvalue weighted by atomic mass is 9.75. The molecule has 7 aromatic rings. The summed E-state index contributed by atoms with van der Waals surface area (Å²) in [6.45, 7) is 0. The standard InChI is InChI=1S/C53H41N5/c1-3-13-41(14-4-1)51-56-52(42-15-5-2-6-16-42)58-53(57-51)47-34-45(37-23-27-40(28-24-37)50-48-19-8-7-12-38(48)29-31-55-50)33-46(35-47)44-18-11-17-43(32-44)36-21-25-39(26-22-36)49-20-9-10-30-54-49/h1-6,8-11,13-31,33-34,44,46H,7,12,32,35H2. The van der Waals surface area contributed by atoms with Gasteiger partial charge in [0.25, 0.3) is 0 Å². The Morgan fingerprint density at radius 3 is 1.88 bits per heavy atom. The molecule has 2 unspecified atom stereocenters. The predicted octanol–water partition coefficient (Wildman–Crippen LogP) is 12.4. The van der Waals surface area contributed by atoms with Crippen LogP contribution in [0, 0.1) is 11.8 Å². The molecule has 58 heavy (non-hydrogen) atoms. The quantitative estimate of drug-likeness (QED) is 0.155. The molecule has 0 spiro atoms. The second-order valence-corrected chi connectivity index (χ2v) is 15.2. The molecule has 0 radical (unpaired) electrons. The number of hydrogen-bond donors (Lipinski definition) is 0. The zero-order valence-corrected chi connectivity index (χ0v) is 32.1. The predicted molar refractivity (Wildman–Crippen MR) is 237 cm³/mol. The summed E-state index contributed by atoms with van der Waals surface area (Å²) in [6, 6.07) is 46.4. The van der Waals surface area contributed by atoms with Gasteiger partial charge in [-0.15, -0.1) is 0 Å². The minimum absolute atomic E-state index is 0.215. The molecule has 5 nitrogen and oxygen atoms in total. The van der Waals surface area contributed by atoms with Crippen molar-refractivity contribution < 1.29 is 0 Å². The molecule has 0 bridgehead atoms. The molecule has 5 heteroatoms. The van der Waals surface area contributed by atoms with Crippen LogP contribution >= 0.6 is 0 Å². The molecule has 0 saturated carbocycles. The summed E-state index contributed by atoms with van der Waals surface area (Å²) in [5, 5.41) is 0. The Morgan fingerprint density at radius 1 is 0.500 bits per heavy atom. The van der Waals surface area contributed by atoms with E-state index in [2.05, 4.69) is 132 Å². The Bertz CT molecular complexity index is 2690. The lowest BCUT2D eigenvalue weighted by molar-refractivity contribution is 0.489. The highest BCUT2D eigenvalue weighted by Crippen LogP contribution is 2.42. The average molecular weight is 748 g/mol. The molecule has 0 N–H and O–H groups in total. The van der Waals surface area contributed by atoms with Crippen molar-refractivity contribution in [2.24, 2.45) is 11.8 Å². The van der Waals surface area contributed by atoms with Crippen molar-refractivity contribution >= 4 is 22.8 Å². The monoisotopic (exact) mass is 747 g/mol. The summed E-state index contributed by atoms with van der Waals surface area (Å²) in [6.07, 6.45) is 23.8. The Labute approximate surface area is 339 Å². The molecule has 3 heterocycles. The van der Waals surface area contributed by atoms with E-state index in [0.717, 1.165) is 70.5 Å². The van der Waals surface area contributed by atoms with E-state index >= 15 is 0 Å². The van der Waals surface area contributed by atoms with E-state index in [0.29, 0.717) is 17.5 Å². The maximum Gasteiger partial charge on any atom is 0.164 e. The molecule has 0 saturated heterocycles. The largest absolute Gasteiger partial charge is 0.256 e. The molecular formula is C53H41N5. The maximum absolute atomic E-state index is 5.18. The molecule has 4 aromatic carbocycles. The zero-order chi connectivity index (χ0) is 38.7. The first-order valence-corrected chi connectivity index (χ1v) is 20.2. The Hall–Kier alpha value is -7.11. The molecule has 3 aliphatic carbocycles. The van der Waals surface area contributed by atoms with Crippen molar-refractivity contribution in [3.05, 3.63) is 210 Å². The number of pyridine rings is 2. The molecule has 0 aliphatic heterocycles. The topological polar surface area (TPSA) is 64.5 Å². The van der Waals surface area contributed by atoms with Crippen LogP contribution in [0.1, 0.15) is 47.3 Å². The van der Waals surface area contributed by atoms with E-state index in [1.807, 2.05) is 60.9 Å². The van der Waals surface area contributed by atoms with Crippen LogP contribution in [-0.4, -0.2) is 24.9 Å². The number of aromatic nitrogens is 5. The molecule has 0 amide bonds. The van der Waals surface area contributed by atoms with E-state index in [1.165, 1.54) is 27.8 Å². The van der Waals surface area contributed by atoms with Gasteiger partial charge in [-0.1, -0.05) is 152 Å². The molecule has 2 atom stereocenters. The van der Waals surface area contributed by atoms with Crippen LogP contribution in [0.15, 0.2) is 182 Å². The molecular weight excluding hydrogens is 707 g/mol. The number of benzene rings is 4. The number of nitrogens with zero attached hydrogens (tertiary/aromatic N) is 5. The highest BCUT2D eigenvalue weighted by atomic mass is 15.0. The zero-order valence-electron chi connectivity index (χ0n) is 32.1. The third kappa shape index (κ3) is 7.31. The van der Waals surface area contributed by atoms with Gasteiger partial charge >= 0.3 is 0 Å². The van der Waals surface area contributed by atoms with Crippen LogP contribution in [-0.2, 0) is 6.42 Å². The van der Waals surface area contributed by atoms with E-state index in [4.69, 9.17) is 19.9 Å². The highest BCUT2D eigenvalue weighted by Gasteiger charge is 2.28. The fourth-order valence-corrected chi connectivity index (χ4v) is 8.41. The van der Waals surface area contributed by atoms with Crippen molar-refractivity contribution in [1.82, 2.24) is 24.9 Å². The number of aryl methyl sites for hydroxylation is 1. The lowest BCUT2D eigenvalue weighted by Gasteiger charge is -2.30. The Kier molecular flexibility index (Phi) is 9.62. The second-order valence-electron chi connectivity index (χ2n) is 15.2. The van der Waals surface area contributed by atoms with Crippen molar-refractivity contribution in [3.8, 4) is 45.3 Å². The lowest BCUT2D eigenvalue weighted by Crippen LogP contribution is -2.17. The van der Waals surface area contributed by atoms with Gasteiger partial charge in [0.1, 0.15) is 0 Å². The fraction of sp³-hybridized carbons (Fsp3) is 0.113. The van der Waals surface area contributed by atoms with Gasteiger partial charge in [-0.3, -0.25) is 9.97 Å². The summed E-state index contributed by atoms with van der Waals surface area (Å²) in [4.78, 5) is 24.7. The Balaban J connectivity index is 1.02. The summed E-state index contributed by atoms with van der Waals surface area (Å²) < 4.78 is 0. The molecule has 0 fully saturated rings. The smallest absolute Gasteiger partial charge is 0.164 e. The van der Waals surface area contributed by atoms with Crippen LogP contribution in [0.5, 0.6) is 0 Å². The number of fused-ring (bicyclic) bond motifs is 1. The van der Waals surface area contributed by atoms with Gasteiger partial charge in [0.05, 0.1) is 11.4 Å². The van der Waals surface area contributed by atoms with E-state index < -0.39 is 0 Å². The van der Waals surface area contributed by atoms with Gasteiger partial charge in [-0.2, -0.15) is 0 Å². The van der Waals surface area contributed by atoms with Crippen LogP contribution in [0.3, 0.4) is 0 Å². The third-order valence-corrected chi connectivity index (χ3v) is 11.5. The normalized spacial score (nSPS) is 17.2. The van der Waals surface area contributed by atoms with Gasteiger partial charge < -0.3 is 0 Å². The number of hydrogen-bond acceptors (Lipinski definition) is 5.